The molecule has 0 spiro atoms. The molecule has 0 aromatic heterocycles. The molecule has 1 aliphatic rings. The van der Waals surface area contributed by atoms with Crippen molar-refractivity contribution in [2.45, 2.75) is 30.9 Å². The van der Waals surface area contributed by atoms with Crippen LogP contribution in [-0.2, 0) is 4.74 Å². The Hall–Kier alpha value is 0.660. The monoisotopic (exact) mass is 206 g/mol. The largest absolute Gasteiger partial charge is 0.381 e. The van der Waals surface area contributed by atoms with Crippen LogP contribution < -0.4 is 0 Å². The first-order valence-electron chi connectivity index (χ1n) is 4.73. The van der Waals surface area contributed by atoms with Crippen molar-refractivity contribution in [3.63, 3.8) is 0 Å². The van der Waals surface area contributed by atoms with E-state index in [0.717, 1.165) is 24.2 Å². The normalized spacial score (nSPS) is 19.8. The summed E-state index contributed by atoms with van der Waals surface area (Å²) in [6, 6.07) is 0. The van der Waals surface area contributed by atoms with Crippen LogP contribution in [0.25, 0.3) is 0 Å². The van der Waals surface area contributed by atoms with E-state index in [1.165, 1.54) is 31.4 Å². The summed E-state index contributed by atoms with van der Waals surface area (Å²) in [6.07, 6.45) is 5.10. The van der Waals surface area contributed by atoms with E-state index in [2.05, 4.69) is 24.4 Å². The van der Waals surface area contributed by atoms with Crippen molar-refractivity contribution in [1.82, 2.24) is 0 Å². The number of hydrogen-bond acceptors (Lipinski definition) is 3. The maximum absolute atomic E-state index is 5.30. The zero-order chi connectivity index (χ0) is 8.65. The quantitative estimate of drug-likeness (QED) is 0.547. The van der Waals surface area contributed by atoms with Crippen molar-refractivity contribution in [3.8, 4) is 0 Å². The maximum Gasteiger partial charge on any atom is 0.0476 e. The molecule has 3 heteroatoms. The molecule has 72 valence electrons. The van der Waals surface area contributed by atoms with Crippen molar-refractivity contribution >= 4 is 24.4 Å². The number of unbranched alkanes of at least 4 members (excludes halogenated alkanes) is 1. The topological polar surface area (TPSA) is 9.23 Å². The van der Waals surface area contributed by atoms with Crippen LogP contribution >= 0.6 is 24.4 Å². The summed E-state index contributed by atoms with van der Waals surface area (Å²) in [5.41, 5.74) is 0. The summed E-state index contributed by atoms with van der Waals surface area (Å²) < 4.78 is 5.30. The molecule has 1 aliphatic heterocycles. The molecule has 1 heterocycles. The fraction of sp³-hybridized carbons (Fsp3) is 1.00. The van der Waals surface area contributed by atoms with Crippen LogP contribution in [0.2, 0.25) is 0 Å². The standard InChI is InChI=1S/C9H18OS2/c11-7-1-2-8-12-9-3-5-10-6-4-9/h9,11H,1-8H2. The Bertz CT molecular complexity index is 103. The van der Waals surface area contributed by atoms with E-state index in [9.17, 15) is 0 Å². The number of thioether (sulfide) groups is 1. The first-order valence-corrected chi connectivity index (χ1v) is 6.42. The van der Waals surface area contributed by atoms with E-state index in [1.54, 1.807) is 0 Å². The summed E-state index contributed by atoms with van der Waals surface area (Å²) in [5, 5.41) is 0.874. The van der Waals surface area contributed by atoms with E-state index in [0.29, 0.717) is 0 Å². The lowest BCUT2D eigenvalue weighted by molar-refractivity contribution is 0.100. The minimum Gasteiger partial charge on any atom is -0.381 e. The van der Waals surface area contributed by atoms with Crippen molar-refractivity contribution in [2.24, 2.45) is 0 Å². The average molecular weight is 206 g/mol. The molecular weight excluding hydrogens is 188 g/mol. The van der Waals surface area contributed by atoms with Gasteiger partial charge in [0.2, 0.25) is 0 Å². The molecule has 0 aromatic rings. The zero-order valence-electron chi connectivity index (χ0n) is 7.50. The summed E-state index contributed by atoms with van der Waals surface area (Å²) in [4.78, 5) is 0. The van der Waals surface area contributed by atoms with Gasteiger partial charge in [0.1, 0.15) is 0 Å². The summed E-state index contributed by atoms with van der Waals surface area (Å²) in [6.45, 7) is 1.95. The molecule has 0 amide bonds. The first-order chi connectivity index (χ1) is 5.93. The minimum absolute atomic E-state index is 0.874. The van der Waals surface area contributed by atoms with Crippen LogP contribution in [0.3, 0.4) is 0 Å². The smallest absolute Gasteiger partial charge is 0.0476 e. The molecular formula is C9H18OS2. The number of rotatable bonds is 5. The van der Waals surface area contributed by atoms with Gasteiger partial charge in [0.25, 0.3) is 0 Å². The van der Waals surface area contributed by atoms with Gasteiger partial charge in [-0.05, 0) is 37.2 Å². The number of ether oxygens (including phenoxy) is 1. The van der Waals surface area contributed by atoms with E-state index in [1.807, 2.05) is 0 Å². The third-order valence-electron chi connectivity index (χ3n) is 2.07. The van der Waals surface area contributed by atoms with Gasteiger partial charge in [-0.3, -0.25) is 0 Å². The molecule has 1 rings (SSSR count). The summed E-state index contributed by atoms with van der Waals surface area (Å²) in [7, 11) is 0. The highest BCUT2D eigenvalue weighted by atomic mass is 32.2. The molecule has 0 saturated carbocycles. The van der Waals surface area contributed by atoms with Gasteiger partial charge in [0.05, 0.1) is 0 Å². The third kappa shape index (κ3) is 4.63. The van der Waals surface area contributed by atoms with Gasteiger partial charge in [0, 0.05) is 18.5 Å². The van der Waals surface area contributed by atoms with Crippen LogP contribution in [0.4, 0.5) is 0 Å². The predicted molar refractivity (Wildman–Crippen MR) is 59.4 cm³/mol. The molecule has 0 radical (unpaired) electrons. The van der Waals surface area contributed by atoms with Crippen LogP contribution in [-0.4, -0.2) is 30.0 Å². The third-order valence-corrected chi connectivity index (χ3v) is 3.86. The highest BCUT2D eigenvalue weighted by Gasteiger charge is 2.12. The Morgan fingerprint density at radius 3 is 2.67 bits per heavy atom. The fourth-order valence-electron chi connectivity index (χ4n) is 1.31. The van der Waals surface area contributed by atoms with E-state index in [-0.39, 0.29) is 0 Å². The van der Waals surface area contributed by atoms with Gasteiger partial charge in [-0.15, -0.1) is 0 Å². The summed E-state index contributed by atoms with van der Waals surface area (Å²) in [5.74, 6) is 2.35. The predicted octanol–water partition coefficient (Wildman–Crippen LogP) is 2.61. The molecule has 1 nitrogen and oxygen atoms in total. The molecule has 1 fully saturated rings. The summed E-state index contributed by atoms with van der Waals surface area (Å²) >= 11 is 6.31. The lowest BCUT2D eigenvalue weighted by atomic mass is 10.2. The van der Waals surface area contributed by atoms with E-state index < -0.39 is 0 Å². The number of thiol groups is 1. The van der Waals surface area contributed by atoms with Crippen LogP contribution in [0.1, 0.15) is 25.7 Å². The van der Waals surface area contributed by atoms with Crippen LogP contribution in [0.5, 0.6) is 0 Å². The maximum atomic E-state index is 5.30. The molecule has 0 unspecified atom stereocenters. The van der Waals surface area contributed by atoms with Crippen molar-refractivity contribution < 1.29 is 4.74 Å². The van der Waals surface area contributed by atoms with Gasteiger partial charge in [0.15, 0.2) is 0 Å². The van der Waals surface area contributed by atoms with Crippen molar-refractivity contribution in [1.29, 1.82) is 0 Å². The lowest BCUT2D eigenvalue weighted by Gasteiger charge is -2.21. The minimum atomic E-state index is 0.874. The van der Waals surface area contributed by atoms with Crippen molar-refractivity contribution in [2.75, 3.05) is 24.7 Å². The Labute approximate surface area is 85.0 Å². The van der Waals surface area contributed by atoms with Crippen molar-refractivity contribution in [3.05, 3.63) is 0 Å². The second-order valence-corrected chi connectivity index (χ2v) is 4.97. The van der Waals surface area contributed by atoms with Gasteiger partial charge >= 0.3 is 0 Å². The molecule has 12 heavy (non-hydrogen) atoms. The van der Waals surface area contributed by atoms with Crippen LogP contribution in [0.15, 0.2) is 0 Å². The molecule has 0 atom stereocenters. The second kappa shape index (κ2) is 7.10. The average Bonchev–Trinajstić information content (AvgIpc) is 2.14. The fourth-order valence-corrected chi connectivity index (χ4v) is 2.76. The van der Waals surface area contributed by atoms with Crippen LogP contribution in [0, 0.1) is 0 Å². The van der Waals surface area contributed by atoms with Gasteiger partial charge in [-0.2, -0.15) is 24.4 Å². The van der Waals surface area contributed by atoms with E-state index in [4.69, 9.17) is 4.74 Å². The second-order valence-electron chi connectivity index (χ2n) is 3.11. The Kier molecular flexibility index (Phi) is 6.35. The molecule has 0 bridgehead atoms. The Morgan fingerprint density at radius 2 is 2.00 bits per heavy atom. The molecule has 0 aliphatic carbocycles. The molecule has 0 N–H and O–H groups in total. The Morgan fingerprint density at radius 1 is 1.25 bits per heavy atom. The van der Waals surface area contributed by atoms with E-state index >= 15 is 0 Å². The first kappa shape index (κ1) is 10.7. The molecule has 0 aromatic carbocycles. The lowest BCUT2D eigenvalue weighted by Crippen LogP contribution is -2.17. The number of hydrogen-bond donors (Lipinski definition) is 1. The zero-order valence-corrected chi connectivity index (χ0v) is 9.21. The highest BCUT2D eigenvalue weighted by Crippen LogP contribution is 2.22. The van der Waals surface area contributed by atoms with Gasteiger partial charge in [-0.25, -0.2) is 0 Å². The molecule has 1 saturated heterocycles. The SMILES string of the molecule is SCCCCSC1CCOCC1. The van der Waals surface area contributed by atoms with Gasteiger partial charge in [-0.1, -0.05) is 0 Å². The highest BCUT2D eigenvalue weighted by molar-refractivity contribution is 7.99. The van der Waals surface area contributed by atoms with Gasteiger partial charge < -0.3 is 4.74 Å². The Balaban J connectivity index is 1.91.